The van der Waals surface area contributed by atoms with Crippen LogP contribution in [0.3, 0.4) is 0 Å². The maximum absolute atomic E-state index is 12.2. The number of hydroxylamine groups is 2. The summed E-state index contributed by atoms with van der Waals surface area (Å²) in [5.41, 5.74) is 1.23. The molecule has 0 saturated carbocycles. The van der Waals surface area contributed by atoms with Gasteiger partial charge in [0.25, 0.3) is 11.8 Å². The third-order valence-electron chi connectivity index (χ3n) is 3.83. The summed E-state index contributed by atoms with van der Waals surface area (Å²) in [4.78, 5) is 24.3. The van der Waals surface area contributed by atoms with Crippen molar-refractivity contribution >= 4 is 17.4 Å². The molecule has 2 rings (SSSR count). The predicted molar refractivity (Wildman–Crippen MR) is 91.1 cm³/mol. The molecule has 1 N–H and O–H groups in total. The van der Waals surface area contributed by atoms with Crippen molar-refractivity contribution in [2.24, 2.45) is 5.92 Å². The Hall–Kier alpha value is -2.40. The molecule has 0 aliphatic carbocycles. The van der Waals surface area contributed by atoms with Crippen LogP contribution >= 0.6 is 0 Å². The molecule has 0 bridgehead atoms. The van der Waals surface area contributed by atoms with Gasteiger partial charge in [0.15, 0.2) is 0 Å². The van der Waals surface area contributed by atoms with E-state index >= 15 is 0 Å². The van der Waals surface area contributed by atoms with E-state index in [1.54, 1.807) is 24.3 Å². The Bertz CT molecular complexity index is 699. The first kappa shape index (κ1) is 17.9. The fourth-order valence-electron chi connectivity index (χ4n) is 2.63. The van der Waals surface area contributed by atoms with Gasteiger partial charge < -0.3 is 4.74 Å². The lowest BCUT2D eigenvalue weighted by molar-refractivity contribution is -0.169. The molecule has 1 aromatic carbocycles. The standard InChI is InChI=1S/C19H23NO4/c1-5-14(6-2)24-15-9-7-13(8-10-15)17-16(11-12(3)4)18(21)20(23)19(17)22/h5,7-10,12,23H,6,11H2,1-4H3. The number of ether oxygens (including phenoxy) is 1. The Morgan fingerprint density at radius 2 is 1.83 bits per heavy atom. The molecule has 0 aromatic heterocycles. The highest BCUT2D eigenvalue weighted by molar-refractivity contribution is 6.35. The summed E-state index contributed by atoms with van der Waals surface area (Å²) in [5.74, 6) is 0.411. The van der Waals surface area contributed by atoms with Crippen molar-refractivity contribution in [3.8, 4) is 5.75 Å². The van der Waals surface area contributed by atoms with Gasteiger partial charge in [-0.15, -0.1) is 5.06 Å². The lowest BCUT2D eigenvalue weighted by atomic mass is 9.95. The molecule has 0 radical (unpaired) electrons. The zero-order valence-corrected chi connectivity index (χ0v) is 14.5. The first-order chi connectivity index (χ1) is 11.4. The Balaban J connectivity index is 2.36. The number of hydrogen-bond acceptors (Lipinski definition) is 4. The van der Waals surface area contributed by atoms with E-state index < -0.39 is 11.8 Å². The minimum Gasteiger partial charge on any atom is -0.462 e. The fourth-order valence-corrected chi connectivity index (χ4v) is 2.63. The molecule has 1 aliphatic heterocycles. The average Bonchev–Trinajstić information content (AvgIpc) is 2.77. The topological polar surface area (TPSA) is 66.8 Å². The van der Waals surface area contributed by atoms with E-state index in [1.807, 2.05) is 33.8 Å². The molecule has 1 heterocycles. The summed E-state index contributed by atoms with van der Waals surface area (Å²) in [6, 6.07) is 6.98. The minimum absolute atomic E-state index is 0.197. The van der Waals surface area contributed by atoms with Crippen LogP contribution in [-0.2, 0) is 9.59 Å². The molecule has 5 heteroatoms. The van der Waals surface area contributed by atoms with Crippen molar-refractivity contribution in [1.29, 1.82) is 0 Å². The quantitative estimate of drug-likeness (QED) is 0.488. The normalized spacial score (nSPS) is 15.8. The molecule has 5 nitrogen and oxygen atoms in total. The number of imide groups is 1. The summed E-state index contributed by atoms with van der Waals surface area (Å²) in [6.07, 6.45) is 3.13. The molecule has 0 unspecified atom stereocenters. The number of hydrogen-bond donors (Lipinski definition) is 1. The van der Waals surface area contributed by atoms with Crippen LogP contribution in [0.4, 0.5) is 0 Å². The number of carbonyl (C=O) groups excluding carboxylic acids is 2. The van der Waals surface area contributed by atoms with E-state index in [4.69, 9.17) is 4.74 Å². The third kappa shape index (κ3) is 3.57. The molecule has 128 valence electrons. The molecular formula is C19H23NO4. The highest BCUT2D eigenvalue weighted by Crippen LogP contribution is 2.33. The van der Waals surface area contributed by atoms with Crippen LogP contribution in [0.1, 0.15) is 46.1 Å². The zero-order valence-electron chi connectivity index (χ0n) is 14.5. The Kier molecular flexibility index (Phi) is 5.57. The summed E-state index contributed by atoms with van der Waals surface area (Å²) in [5, 5.41) is 9.88. The lowest BCUT2D eigenvalue weighted by Gasteiger charge is -2.10. The fraction of sp³-hybridized carbons (Fsp3) is 0.368. The first-order valence-electron chi connectivity index (χ1n) is 8.13. The van der Waals surface area contributed by atoms with E-state index in [-0.39, 0.29) is 16.6 Å². The molecule has 0 spiro atoms. The molecule has 2 amide bonds. The minimum atomic E-state index is -0.674. The summed E-state index contributed by atoms with van der Waals surface area (Å²) in [7, 11) is 0. The Labute approximate surface area is 142 Å². The van der Waals surface area contributed by atoms with Gasteiger partial charge in [-0.2, -0.15) is 0 Å². The molecule has 0 atom stereocenters. The number of amides is 2. The van der Waals surface area contributed by atoms with Gasteiger partial charge in [0, 0.05) is 12.0 Å². The number of allylic oxidation sites excluding steroid dienone is 2. The van der Waals surface area contributed by atoms with Gasteiger partial charge >= 0.3 is 0 Å². The van der Waals surface area contributed by atoms with Crippen molar-refractivity contribution in [3.63, 3.8) is 0 Å². The van der Waals surface area contributed by atoms with Gasteiger partial charge in [0.2, 0.25) is 0 Å². The van der Waals surface area contributed by atoms with Crippen LogP contribution < -0.4 is 4.74 Å². The van der Waals surface area contributed by atoms with Crippen molar-refractivity contribution < 1.29 is 19.5 Å². The summed E-state index contributed by atoms with van der Waals surface area (Å²) >= 11 is 0. The van der Waals surface area contributed by atoms with E-state index in [0.717, 1.165) is 12.2 Å². The van der Waals surface area contributed by atoms with Gasteiger partial charge in [-0.25, -0.2) is 0 Å². The molecule has 0 fully saturated rings. The third-order valence-corrected chi connectivity index (χ3v) is 3.83. The van der Waals surface area contributed by atoms with Crippen LogP contribution in [-0.4, -0.2) is 22.1 Å². The van der Waals surface area contributed by atoms with Gasteiger partial charge in [0.05, 0.1) is 11.3 Å². The van der Waals surface area contributed by atoms with Crippen LogP contribution in [0, 0.1) is 5.92 Å². The molecule has 24 heavy (non-hydrogen) atoms. The van der Waals surface area contributed by atoms with E-state index in [9.17, 15) is 14.8 Å². The van der Waals surface area contributed by atoms with E-state index in [1.165, 1.54) is 0 Å². The molecule has 1 aliphatic rings. The maximum Gasteiger partial charge on any atom is 0.285 e. The largest absolute Gasteiger partial charge is 0.462 e. The van der Waals surface area contributed by atoms with Crippen molar-refractivity contribution in [2.75, 3.05) is 0 Å². The number of nitrogens with zero attached hydrogens (tertiary/aromatic N) is 1. The highest BCUT2D eigenvalue weighted by atomic mass is 16.5. The smallest absolute Gasteiger partial charge is 0.285 e. The SMILES string of the molecule is CC=C(CC)Oc1ccc(C2=C(CC(C)C)C(=O)N(O)C2=O)cc1. The first-order valence-corrected chi connectivity index (χ1v) is 8.13. The summed E-state index contributed by atoms with van der Waals surface area (Å²) < 4.78 is 5.72. The van der Waals surface area contributed by atoms with Gasteiger partial charge in [-0.05, 0) is 43.0 Å². The Morgan fingerprint density at radius 1 is 1.21 bits per heavy atom. The second kappa shape index (κ2) is 7.45. The number of carbonyl (C=O) groups is 2. The number of benzene rings is 1. The van der Waals surface area contributed by atoms with Gasteiger partial charge in [-0.3, -0.25) is 14.8 Å². The van der Waals surface area contributed by atoms with Crippen LogP contribution in [0.2, 0.25) is 0 Å². The van der Waals surface area contributed by atoms with Gasteiger partial charge in [-0.1, -0.05) is 32.9 Å². The lowest BCUT2D eigenvalue weighted by Crippen LogP contribution is -2.27. The average molecular weight is 329 g/mol. The molecule has 0 saturated heterocycles. The van der Waals surface area contributed by atoms with Crippen LogP contribution in [0.5, 0.6) is 5.75 Å². The van der Waals surface area contributed by atoms with Crippen molar-refractivity contribution in [1.82, 2.24) is 5.06 Å². The van der Waals surface area contributed by atoms with Gasteiger partial charge in [0.1, 0.15) is 5.75 Å². The van der Waals surface area contributed by atoms with Crippen molar-refractivity contribution in [2.45, 2.75) is 40.5 Å². The maximum atomic E-state index is 12.2. The monoisotopic (exact) mass is 329 g/mol. The second-order valence-corrected chi connectivity index (χ2v) is 6.11. The summed E-state index contributed by atoms with van der Waals surface area (Å²) in [6.45, 7) is 7.84. The van der Waals surface area contributed by atoms with Crippen LogP contribution in [0.25, 0.3) is 5.57 Å². The molecular weight excluding hydrogens is 306 g/mol. The van der Waals surface area contributed by atoms with Crippen molar-refractivity contribution in [3.05, 3.63) is 47.2 Å². The zero-order chi connectivity index (χ0) is 17.9. The Morgan fingerprint density at radius 3 is 2.33 bits per heavy atom. The predicted octanol–water partition coefficient (Wildman–Crippen LogP) is 3.94. The van der Waals surface area contributed by atoms with E-state index in [0.29, 0.717) is 23.3 Å². The highest BCUT2D eigenvalue weighted by Gasteiger charge is 2.38. The number of rotatable bonds is 6. The second-order valence-electron chi connectivity index (χ2n) is 6.11. The molecule has 1 aromatic rings. The van der Waals surface area contributed by atoms with Crippen LogP contribution in [0.15, 0.2) is 41.7 Å². The van der Waals surface area contributed by atoms with E-state index in [2.05, 4.69) is 0 Å².